The number of amides is 1. The fraction of sp³-hybridized carbons (Fsp3) is 0.278. The number of fused-ring (bicyclic) bond motifs is 1. The van der Waals surface area contributed by atoms with Crippen LogP contribution in [0.2, 0.25) is 5.02 Å². The van der Waals surface area contributed by atoms with Crippen molar-refractivity contribution >= 4 is 28.4 Å². The number of ether oxygens (including phenoxy) is 1. The molecule has 0 saturated heterocycles. The number of nitrogens with one attached hydrogen (secondary N) is 1. The Bertz CT molecular complexity index is 971. The molecule has 2 heterocycles. The molecule has 1 fully saturated rings. The summed E-state index contributed by atoms with van der Waals surface area (Å²) in [5, 5.41) is 3.99. The molecule has 1 N–H and O–H groups in total. The van der Waals surface area contributed by atoms with Crippen LogP contribution in [0.1, 0.15) is 29.2 Å². The molecule has 1 aromatic carbocycles. The fourth-order valence-corrected chi connectivity index (χ4v) is 2.81. The minimum absolute atomic E-state index is 0.0956. The van der Waals surface area contributed by atoms with Crippen molar-refractivity contribution in [1.29, 1.82) is 0 Å². The van der Waals surface area contributed by atoms with Crippen molar-refractivity contribution in [3.05, 3.63) is 53.3 Å². The molecule has 4 rings (SSSR count). The largest absolute Gasteiger partial charge is 0.485 e. The molecular formula is C18H15ClFN3O3. The molecule has 0 bridgehead atoms. The van der Waals surface area contributed by atoms with Crippen molar-refractivity contribution in [2.24, 2.45) is 0 Å². The lowest BCUT2D eigenvalue weighted by Gasteiger charge is -2.10. The number of alkyl halides is 1. The number of benzene rings is 1. The molecular weight excluding hydrogens is 361 g/mol. The lowest BCUT2D eigenvalue weighted by atomic mass is 10.2. The van der Waals surface area contributed by atoms with Crippen molar-refractivity contribution < 1.29 is 18.3 Å². The molecule has 0 unspecified atom stereocenters. The van der Waals surface area contributed by atoms with Crippen molar-refractivity contribution in [3.63, 3.8) is 0 Å². The highest BCUT2D eigenvalue weighted by Gasteiger charge is 2.45. The van der Waals surface area contributed by atoms with E-state index in [1.165, 1.54) is 6.26 Å². The highest BCUT2D eigenvalue weighted by atomic mass is 35.5. The Morgan fingerprint density at radius 1 is 1.38 bits per heavy atom. The summed E-state index contributed by atoms with van der Waals surface area (Å²) in [6.07, 6.45) is 4.25. The van der Waals surface area contributed by atoms with Gasteiger partial charge < -0.3 is 14.5 Å². The number of hydrogen-bond acceptors (Lipinski definition) is 5. The summed E-state index contributed by atoms with van der Waals surface area (Å²) in [7, 11) is 0. The van der Waals surface area contributed by atoms with Gasteiger partial charge in [-0.3, -0.25) is 9.78 Å². The highest BCUT2D eigenvalue weighted by molar-refractivity contribution is 6.35. The van der Waals surface area contributed by atoms with E-state index in [9.17, 15) is 9.18 Å². The van der Waals surface area contributed by atoms with E-state index in [1.807, 2.05) is 6.07 Å². The van der Waals surface area contributed by atoms with Gasteiger partial charge in [0.2, 0.25) is 0 Å². The number of rotatable bonds is 6. The smallest absolute Gasteiger partial charge is 0.307 e. The van der Waals surface area contributed by atoms with Crippen LogP contribution in [0.4, 0.5) is 4.39 Å². The number of aromatic nitrogens is 2. The van der Waals surface area contributed by atoms with Crippen molar-refractivity contribution in [1.82, 2.24) is 15.3 Å². The number of pyridine rings is 1. The molecule has 3 aromatic rings. The zero-order valence-corrected chi connectivity index (χ0v) is 14.4. The van der Waals surface area contributed by atoms with Gasteiger partial charge in [-0.1, -0.05) is 11.6 Å². The SMILES string of the molecule is O=C(NC1(CF)CC1)c1nc(COc2ccc(Cl)c3cccnc23)co1. The highest BCUT2D eigenvalue weighted by Crippen LogP contribution is 2.36. The molecule has 0 atom stereocenters. The van der Waals surface area contributed by atoms with Crippen LogP contribution < -0.4 is 10.1 Å². The first-order valence-electron chi connectivity index (χ1n) is 8.09. The number of nitrogens with zero attached hydrogens (tertiary/aromatic N) is 2. The van der Waals surface area contributed by atoms with Crippen molar-refractivity contribution in [2.75, 3.05) is 6.67 Å². The van der Waals surface area contributed by atoms with E-state index in [0.717, 1.165) is 5.39 Å². The van der Waals surface area contributed by atoms with Crippen LogP contribution in [0.25, 0.3) is 10.9 Å². The Balaban J connectivity index is 1.45. The monoisotopic (exact) mass is 375 g/mol. The van der Waals surface area contributed by atoms with Crippen LogP contribution in [0.5, 0.6) is 5.75 Å². The molecule has 1 saturated carbocycles. The summed E-state index contributed by atoms with van der Waals surface area (Å²) < 4.78 is 23.8. The summed E-state index contributed by atoms with van der Waals surface area (Å²) in [6, 6.07) is 7.11. The summed E-state index contributed by atoms with van der Waals surface area (Å²) in [6.45, 7) is -0.496. The molecule has 134 valence electrons. The standard InChI is InChI=1S/C18H15ClFN3O3/c19-13-3-4-14(15-12(13)2-1-7-21-15)25-8-11-9-26-17(22-11)16(24)23-18(10-20)5-6-18/h1-4,7,9H,5-6,8,10H2,(H,23,24). The molecule has 0 spiro atoms. The summed E-state index contributed by atoms with van der Waals surface area (Å²) in [4.78, 5) is 20.4. The summed E-state index contributed by atoms with van der Waals surface area (Å²) in [5.41, 5.74) is 0.343. The zero-order chi connectivity index (χ0) is 18.1. The zero-order valence-electron chi connectivity index (χ0n) is 13.7. The Kier molecular flexibility index (Phi) is 4.24. The molecule has 1 aliphatic rings. The van der Waals surface area contributed by atoms with E-state index in [-0.39, 0.29) is 12.5 Å². The average molecular weight is 376 g/mol. The maximum absolute atomic E-state index is 12.9. The molecule has 8 heteroatoms. The van der Waals surface area contributed by atoms with Gasteiger partial charge in [0.1, 0.15) is 36.5 Å². The summed E-state index contributed by atoms with van der Waals surface area (Å²) in [5.74, 6) is -0.0826. The first kappa shape index (κ1) is 16.8. The lowest BCUT2D eigenvalue weighted by Crippen LogP contribution is -2.38. The van der Waals surface area contributed by atoms with Crippen LogP contribution in [0.3, 0.4) is 0 Å². The lowest BCUT2D eigenvalue weighted by molar-refractivity contribution is 0.0888. The number of hydrogen-bond donors (Lipinski definition) is 1. The Labute approximate surface area is 153 Å². The quantitative estimate of drug-likeness (QED) is 0.711. The molecule has 0 radical (unpaired) electrons. The topological polar surface area (TPSA) is 77.2 Å². The maximum atomic E-state index is 12.9. The molecule has 1 aliphatic carbocycles. The normalized spacial score (nSPS) is 15.0. The van der Waals surface area contributed by atoms with Gasteiger partial charge in [0, 0.05) is 11.6 Å². The van der Waals surface area contributed by atoms with Crippen molar-refractivity contribution in [2.45, 2.75) is 25.0 Å². The van der Waals surface area contributed by atoms with Gasteiger partial charge in [-0.05, 0) is 37.1 Å². The number of oxazole rings is 1. The van der Waals surface area contributed by atoms with E-state index in [4.69, 9.17) is 20.8 Å². The number of halogens is 2. The number of carbonyl (C=O) groups excluding carboxylic acids is 1. The third kappa shape index (κ3) is 3.22. The van der Waals surface area contributed by atoms with Crippen LogP contribution in [0, 0.1) is 0 Å². The second kappa shape index (κ2) is 6.57. The van der Waals surface area contributed by atoms with E-state index < -0.39 is 18.1 Å². The van der Waals surface area contributed by atoms with Crippen LogP contribution in [0.15, 0.2) is 41.1 Å². The van der Waals surface area contributed by atoms with Gasteiger partial charge >= 0.3 is 5.91 Å². The molecule has 0 aliphatic heterocycles. The second-order valence-corrected chi connectivity index (χ2v) is 6.65. The van der Waals surface area contributed by atoms with Crippen LogP contribution in [-0.4, -0.2) is 28.1 Å². The molecule has 26 heavy (non-hydrogen) atoms. The fourth-order valence-electron chi connectivity index (χ4n) is 2.59. The second-order valence-electron chi connectivity index (χ2n) is 6.25. The summed E-state index contributed by atoms with van der Waals surface area (Å²) >= 11 is 6.16. The first-order chi connectivity index (χ1) is 12.6. The number of carbonyl (C=O) groups is 1. The predicted octanol–water partition coefficient (Wildman–Crippen LogP) is 3.69. The Hall–Kier alpha value is -2.67. The third-order valence-corrected chi connectivity index (χ3v) is 4.62. The maximum Gasteiger partial charge on any atom is 0.307 e. The van der Waals surface area contributed by atoms with Crippen LogP contribution in [-0.2, 0) is 6.61 Å². The van der Waals surface area contributed by atoms with Gasteiger partial charge in [-0.25, -0.2) is 9.37 Å². The Morgan fingerprint density at radius 2 is 2.23 bits per heavy atom. The van der Waals surface area contributed by atoms with Crippen molar-refractivity contribution in [3.8, 4) is 5.75 Å². The van der Waals surface area contributed by atoms with E-state index in [1.54, 1.807) is 24.4 Å². The molecule has 6 nitrogen and oxygen atoms in total. The molecule has 2 aromatic heterocycles. The van der Waals surface area contributed by atoms with Gasteiger partial charge in [0.15, 0.2) is 0 Å². The van der Waals surface area contributed by atoms with E-state index >= 15 is 0 Å². The minimum Gasteiger partial charge on any atom is -0.485 e. The van der Waals surface area contributed by atoms with Gasteiger partial charge in [-0.2, -0.15) is 0 Å². The predicted molar refractivity (Wildman–Crippen MR) is 93.0 cm³/mol. The van der Waals surface area contributed by atoms with Gasteiger partial charge in [0.05, 0.1) is 10.6 Å². The van der Waals surface area contributed by atoms with Crippen LogP contribution >= 0.6 is 11.6 Å². The van der Waals surface area contributed by atoms with Gasteiger partial charge in [-0.15, -0.1) is 0 Å². The average Bonchev–Trinajstić information content (AvgIpc) is 3.27. The molecule has 1 amide bonds. The Morgan fingerprint density at radius 3 is 3.00 bits per heavy atom. The van der Waals surface area contributed by atoms with E-state index in [0.29, 0.717) is 34.8 Å². The van der Waals surface area contributed by atoms with E-state index in [2.05, 4.69) is 15.3 Å². The third-order valence-electron chi connectivity index (χ3n) is 4.29. The first-order valence-corrected chi connectivity index (χ1v) is 8.47. The van der Waals surface area contributed by atoms with Gasteiger partial charge in [0.25, 0.3) is 5.89 Å². The minimum atomic E-state index is -0.740.